The van der Waals surface area contributed by atoms with E-state index in [0.29, 0.717) is 12.3 Å². The summed E-state index contributed by atoms with van der Waals surface area (Å²) in [5, 5.41) is 14.0. The van der Waals surface area contributed by atoms with Crippen LogP contribution in [0.4, 0.5) is 0 Å². The van der Waals surface area contributed by atoms with Crippen LogP contribution in [-0.2, 0) is 6.54 Å². The van der Waals surface area contributed by atoms with Gasteiger partial charge in [-0.3, -0.25) is 5.43 Å². The highest BCUT2D eigenvalue weighted by atomic mass is 32.1. The summed E-state index contributed by atoms with van der Waals surface area (Å²) < 4.78 is 7.28. The average molecular weight is 342 g/mol. The van der Waals surface area contributed by atoms with Gasteiger partial charge in [0.2, 0.25) is 5.76 Å². The number of thiocarbonyl (C=S) groups is 1. The molecule has 0 amide bonds. The molecule has 0 aliphatic heterocycles. The van der Waals surface area contributed by atoms with Crippen LogP contribution >= 0.6 is 12.2 Å². The van der Waals surface area contributed by atoms with Crippen LogP contribution in [-0.4, -0.2) is 27.0 Å². The number of hydrogen-bond donors (Lipinski definition) is 3. The summed E-state index contributed by atoms with van der Waals surface area (Å²) in [6.07, 6.45) is 3.53. The molecule has 0 unspecified atom stereocenters. The second-order valence-corrected chi connectivity index (χ2v) is 5.47. The molecular formula is C16H14N4O3S. The van der Waals surface area contributed by atoms with Crippen LogP contribution in [0.15, 0.2) is 52.1 Å². The first-order valence-electron chi connectivity index (χ1n) is 7.03. The number of furan rings is 1. The van der Waals surface area contributed by atoms with Crippen molar-refractivity contribution in [2.24, 2.45) is 10.8 Å². The first-order chi connectivity index (χ1) is 11.5. The first kappa shape index (κ1) is 15.8. The molecule has 0 atom stereocenters. The summed E-state index contributed by atoms with van der Waals surface area (Å²) in [5.74, 6) is -0.614. The van der Waals surface area contributed by atoms with E-state index in [9.17, 15) is 4.79 Å². The molecule has 0 bridgehead atoms. The van der Waals surface area contributed by atoms with Crippen LogP contribution in [0.5, 0.6) is 0 Å². The zero-order valence-electron chi connectivity index (χ0n) is 12.5. The van der Waals surface area contributed by atoms with Crippen LogP contribution < -0.4 is 11.2 Å². The number of nitrogens with one attached hydrogen (secondary N) is 1. The van der Waals surface area contributed by atoms with Gasteiger partial charge in [-0.2, -0.15) is 5.10 Å². The molecule has 122 valence electrons. The Hall–Kier alpha value is -3.13. The molecule has 0 saturated carbocycles. The monoisotopic (exact) mass is 342 g/mol. The van der Waals surface area contributed by atoms with Crippen LogP contribution in [0.3, 0.4) is 0 Å². The summed E-state index contributed by atoms with van der Waals surface area (Å²) in [7, 11) is 0. The third-order valence-corrected chi connectivity index (χ3v) is 3.49. The van der Waals surface area contributed by atoms with E-state index in [1.807, 2.05) is 35.0 Å². The van der Waals surface area contributed by atoms with E-state index in [0.717, 1.165) is 16.5 Å². The van der Waals surface area contributed by atoms with E-state index in [4.69, 9.17) is 27.5 Å². The lowest BCUT2D eigenvalue weighted by Gasteiger charge is -2.02. The molecule has 3 rings (SSSR count). The largest absolute Gasteiger partial charge is 0.475 e. The Labute approximate surface area is 142 Å². The fourth-order valence-electron chi connectivity index (χ4n) is 2.42. The minimum atomic E-state index is -1.09. The summed E-state index contributed by atoms with van der Waals surface area (Å²) in [6.45, 7) is 0.407. The third kappa shape index (κ3) is 3.28. The standard InChI is InChI=1S/C16H14N4O3S/c17-16(24)19-18-7-10-8-20(13-4-2-1-3-12(10)13)9-11-5-6-14(23-11)15(21)22/h1-8H,9H2,(H,21,22)(H3,17,19,24). The fourth-order valence-corrected chi connectivity index (χ4v) is 2.47. The Morgan fingerprint density at radius 3 is 2.88 bits per heavy atom. The van der Waals surface area contributed by atoms with Crippen molar-refractivity contribution in [1.82, 2.24) is 9.99 Å². The van der Waals surface area contributed by atoms with E-state index < -0.39 is 5.97 Å². The Morgan fingerprint density at radius 1 is 1.38 bits per heavy atom. The second-order valence-electron chi connectivity index (χ2n) is 5.03. The van der Waals surface area contributed by atoms with Crippen molar-refractivity contribution in [2.75, 3.05) is 0 Å². The van der Waals surface area contributed by atoms with E-state index in [1.54, 1.807) is 12.3 Å². The Balaban J connectivity index is 1.94. The van der Waals surface area contributed by atoms with Crippen LogP contribution in [0.25, 0.3) is 10.9 Å². The quantitative estimate of drug-likeness (QED) is 0.373. The number of carboxylic acids is 1. The first-order valence-corrected chi connectivity index (χ1v) is 7.44. The Bertz CT molecular complexity index is 942. The van der Waals surface area contributed by atoms with Gasteiger partial charge < -0.3 is 19.8 Å². The molecule has 0 aliphatic rings. The van der Waals surface area contributed by atoms with E-state index >= 15 is 0 Å². The third-order valence-electron chi connectivity index (χ3n) is 3.40. The predicted molar refractivity (Wildman–Crippen MR) is 94.2 cm³/mol. The highest BCUT2D eigenvalue weighted by Gasteiger charge is 2.12. The van der Waals surface area contributed by atoms with Crippen LogP contribution in [0.1, 0.15) is 21.9 Å². The highest BCUT2D eigenvalue weighted by Crippen LogP contribution is 2.21. The van der Waals surface area contributed by atoms with Gasteiger partial charge in [-0.05, 0) is 30.4 Å². The number of nitrogens with two attached hydrogens (primary N) is 1. The molecule has 0 spiro atoms. The summed E-state index contributed by atoms with van der Waals surface area (Å²) in [6, 6.07) is 10.9. The molecular weight excluding hydrogens is 328 g/mol. The predicted octanol–water partition coefficient (Wildman–Crippen LogP) is 2.15. The number of fused-ring (bicyclic) bond motifs is 1. The minimum absolute atomic E-state index is 0.0797. The van der Waals surface area contributed by atoms with Crippen molar-refractivity contribution in [3.8, 4) is 0 Å². The van der Waals surface area contributed by atoms with Gasteiger partial charge in [-0.15, -0.1) is 0 Å². The molecule has 3 aromatic rings. The lowest BCUT2D eigenvalue weighted by molar-refractivity contribution is 0.0660. The van der Waals surface area contributed by atoms with Crippen LogP contribution in [0.2, 0.25) is 0 Å². The number of benzene rings is 1. The number of aromatic carboxylic acids is 1. The molecule has 2 heterocycles. The number of carboxylic acid groups (broad SMARTS) is 1. The molecule has 2 aromatic heterocycles. The number of carbonyl (C=O) groups is 1. The maximum atomic E-state index is 10.9. The number of aromatic nitrogens is 1. The molecule has 0 radical (unpaired) electrons. The SMILES string of the molecule is NC(=S)NN=Cc1cn(Cc2ccc(C(=O)O)o2)c2ccccc12. The van der Waals surface area contributed by atoms with Gasteiger partial charge in [0.05, 0.1) is 12.8 Å². The molecule has 1 aromatic carbocycles. The minimum Gasteiger partial charge on any atom is -0.475 e. The van der Waals surface area contributed by atoms with Crippen molar-refractivity contribution in [2.45, 2.75) is 6.54 Å². The zero-order valence-corrected chi connectivity index (χ0v) is 13.3. The van der Waals surface area contributed by atoms with Gasteiger partial charge in [0, 0.05) is 22.7 Å². The molecule has 0 aliphatic carbocycles. The smallest absolute Gasteiger partial charge is 0.371 e. The Morgan fingerprint density at radius 2 is 2.17 bits per heavy atom. The number of para-hydroxylation sites is 1. The Kier molecular flexibility index (Phi) is 4.30. The summed E-state index contributed by atoms with van der Waals surface area (Å²) in [4.78, 5) is 10.9. The molecule has 0 saturated heterocycles. The lowest BCUT2D eigenvalue weighted by Crippen LogP contribution is -2.23. The average Bonchev–Trinajstić information content (AvgIpc) is 3.14. The molecule has 7 nitrogen and oxygen atoms in total. The number of hydrogen-bond acceptors (Lipinski definition) is 4. The van der Waals surface area contributed by atoms with Crippen molar-refractivity contribution < 1.29 is 14.3 Å². The van der Waals surface area contributed by atoms with E-state index in [1.165, 1.54) is 6.07 Å². The van der Waals surface area contributed by atoms with Gasteiger partial charge in [-0.25, -0.2) is 4.79 Å². The lowest BCUT2D eigenvalue weighted by atomic mass is 10.2. The van der Waals surface area contributed by atoms with Gasteiger partial charge in [-0.1, -0.05) is 18.2 Å². The molecule has 4 N–H and O–H groups in total. The maximum absolute atomic E-state index is 10.9. The summed E-state index contributed by atoms with van der Waals surface area (Å²) >= 11 is 4.71. The van der Waals surface area contributed by atoms with Crippen molar-refractivity contribution >= 4 is 40.4 Å². The molecule has 0 fully saturated rings. The van der Waals surface area contributed by atoms with E-state index in [-0.39, 0.29) is 10.9 Å². The molecule has 24 heavy (non-hydrogen) atoms. The number of hydrazone groups is 1. The fraction of sp³-hybridized carbons (Fsp3) is 0.0625. The van der Waals surface area contributed by atoms with Gasteiger partial charge in [0.1, 0.15) is 5.76 Å². The van der Waals surface area contributed by atoms with Gasteiger partial charge in [0.15, 0.2) is 5.11 Å². The van der Waals surface area contributed by atoms with Crippen molar-refractivity contribution in [1.29, 1.82) is 0 Å². The van der Waals surface area contributed by atoms with Gasteiger partial charge >= 0.3 is 5.97 Å². The van der Waals surface area contributed by atoms with E-state index in [2.05, 4.69) is 10.5 Å². The number of nitrogens with zero attached hydrogens (tertiary/aromatic N) is 2. The van der Waals surface area contributed by atoms with Crippen molar-refractivity contribution in [3.05, 3.63) is 59.7 Å². The zero-order chi connectivity index (χ0) is 17.1. The number of rotatable bonds is 5. The topological polar surface area (TPSA) is 106 Å². The maximum Gasteiger partial charge on any atom is 0.371 e. The highest BCUT2D eigenvalue weighted by molar-refractivity contribution is 7.80. The van der Waals surface area contributed by atoms with Crippen molar-refractivity contribution in [3.63, 3.8) is 0 Å². The van der Waals surface area contributed by atoms with Crippen LogP contribution in [0, 0.1) is 0 Å². The summed E-state index contributed by atoms with van der Waals surface area (Å²) in [5.41, 5.74) is 9.71. The normalized spacial score (nSPS) is 11.2. The van der Waals surface area contributed by atoms with Gasteiger partial charge in [0.25, 0.3) is 0 Å². The second kappa shape index (κ2) is 6.55. The molecule has 8 heteroatoms.